The topological polar surface area (TPSA) is 68.4 Å². The second-order valence-electron chi connectivity index (χ2n) is 4.30. The summed E-state index contributed by atoms with van der Waals surface area (Å²) in [6, 6.07) is 4.53. The first kappa shape index (κ1) is 12.9. The van der Waals surface area contributed by atoms with Gasteiger partial charge in [-0.3, -0.25) is 0 Å². The third kappa shape index (κ3) is 2.32. The van der Waals surface area contributed by atoms with Crippen LogP contribution < -0.4 is 0 Å². The molecule has 5 nitrogen and oxygen atoms in total. The van der Waals surface area contributed by atoms with E-state index in [0.29, 0.717) is 16.4 Å². The molecular formula is C12H13ClN2O3. The zero-order valence-corrected chi connectivity index (χ0v) is 11.0. The molecule has 0 bridgehead atoms. The minimum absolute atomic E-state index is 0.0835. The van der Waals surface area contributed by atoms with E-state index in [1.165, 1.54) is 12.1 Å². The maximum Gasteiger partial charge on any atom is 0.259 e. The van der Waals surface area contributed by atoms with Gasteiger partial charge in [0, 0.05) is 7.11 Å². The lowest BCUT2D eigenvalue weighted by Crippen LogP contribution is -2.21. The Bertz CT molecular complexity index is 566. The fourth-order valence-corrected chi connectivity index (χ4v) is 1.54. The van der Waals surface area contributed by atoms with Gasteiger partial charge in [0.05, 0.1) is 10.6 Å². The summed E-state index contributed by atoms with van der Waals surface area (Å²) in [5.41, 5.74) is -0.160. The van der Waals surface area contributed by atoms with Crippen LogP contribution in [-0.4, -0.2) is 22.4 Å². The number of ether oxygens (including phenoxy) is 1. The third-order valence-electron chi connectivity index (χ3n) is 2.66. The van der Waals surface area contributed by atoms with E-state index in [2.05, 4.69) is 10.1 Å². The van der Waals surface area contributed by atoms with Crippen molar-refractivity contribution < 1.29 is 14.4 Å². The summed E-state index contributed by atoms with van der Waals surface area (Å²) in [7, 11) is 1.57. The average Bonchev–Trinajstić information content (AvgIpc) is 2.82. The molecule has 0 spiro atoms. The first-order valence-electron chi connectivity index (χ1n) is 5.32. The van der Waals surface area contributed by atoms with E-state index in [0.717, 1.165) is 0 Å². The maximum absolute atomic E-state index is 9.44. The normalized spacial score (nSPS) is 11.8. The van der Waals surface area contributed by atoms with Gasteiger partial charge in [-0.2, -0.15) is 4.98 Å². The number of hydrogen-bond donors (Lipinski definition) is 1. The van der Waals surface area contributed by atoms with Crippen molar-refractivity contribution >= 4 is 11.6 Å². The minimum Gasteiger partial charge on any atom is -0.508 e. The lowest BCUT2D eigenvalue weighted by Gasteiger charge is -2.17. The second-order valence-corrected chi connectivity index (χ2v) is 4.71. The van der Waals surface area contributed by atoms with Crippen molar-refractivity contribution in [3.05, 3.63) is 29.0 Å². The van der Waals surface area contributed by atoms with Crippen molar-refractivity contribution in [2.75, 3.05) is 7.11 Å². The molecule has 0 amide bonds. The van der Waals surface area contributed by atoms with Gasteiger partial charge in [-0.25, -0.2) is 0 Å². The Hall–Kier alpha value is -1.59. The quantitative estimate of drug-likeness (QED) is 0.927. The Morgan fingerprint density at radius 1 is 1.39 bits per heavy atom. The van der Waals surface area contributed by atoms with Gasteiger partial charge in [0.25, 0.3) is 5.89 Å². The maximum atomic E-state index is 9.44. The first-order chi connectivity index (χ1) is 8.44. The number of aromatic hydroxyl groups is 1. The summed E-state index contributed by atoms with van der Waals surface area (Å²) in [4.78, 5) is 4.23. The zero-order valence-electron chi connectivity index (χ0n) is 10.3. The van der Waals surface area contributed by atoms with Gasteiger partial charge >= 0.3 is 0 Å². The highest BCUT2D eigenvalue weighted by molar-refractivity contribution is 6.33. The van der Waals surface area contributed by atoms with E-state index in [1.54, 1.807) is 13.2 Å². The number of nitrogens with zero attached hydrogens (tertiary/aromatic N) is 2. The number of benzene rings is 1. The Balaban J connectivity index is 2.44. The molecule has 0 aliphatic carbocycles. The van der Waals surface area contributed by atoms with Crippen molar-refractivity contribution in [1.82, 2.24) is 10.1 Å². The van der Waals surface area contributed by atoms with E-state index < -0.39 is 5.60 Å². The molecule has 0 fully saturated rings. The standard InChI is InChI=1S/C12H13ClN2O3/c1-12(2,17-3)11-14-10(18-15-11)8-6-7(16)4-5-9(8)13/h4-6,16H,1-3H3. The Kier molecular flexibility index (Phi) is 3.28. The molecule has 0 radical (unpaired) electrons. The lowest BCUT2D eigenvalue weighted by molar-refractivity contribution is 0.00973. The van der Waals surface area contributed by atoms with Crippen LogP contribution in [0.25, 0.3) is 11.5 Å². The minimum atomic E-state index is -0.648. The van der Waals surface area contributed by atoms with Crippen LogP contribution in [0.4, 0.5) is 0 Å². The number of aromatic nitrogens is 2. The highest BCUT2D eigenvalue weighted by Crippen LogP contribution is 2.31. The van der Waals surface area contributed by atoms with Crippen molar-refractivity contribution in [2.45, 2.75) is 19.4 Å². The number of phenolic OH excluding ortho intramolecular Hbond substituents is 1. The molecule has 2 aromatic rings. The van der Waals surface area contributed by atoms with E-state index >= 15 is 0 Å². The summed E-state index contributed by atoms with van der Waals surface area (Å²) in [5.74, 6) is 0.746. The Morgan fingerprint density at radius 3 is 2.78 bits per heavy atom. The molecule has 96 valence electrons. The highest BCUT2D eigenvalue weighted by atomic mass is 35.5. The van der Waals surface area contributed by atoms with E-state index in [4.69, 9.17) is 20.9 Å². The molecule has 18 heavy (non-hydrogen) atoms. The van der Waals surface area contributed by atoms with Gasteiger partial charge in [0.1, 0.15) is 11.4 Å². The molecule has 0 aliphatic rings. The number of rotatable bonds is 3. The SMILES string of the molecule is COC(C)(C)c1noc(-c2cc(O)ccc2Cl)n1. The Morgan fingerprint density at radius 2 is 2.11 bits per heavy atom. The van der Waals surface area contributed by atoms with Gasteiger partial charge in [-0.1, -0.05) is 16.8 Å². The molecule has 1 aromatic carbocycles. The van der Waals surface area contributed by atoms with Crippen LogP contribution in [0.5, 0.6) is 5.75 Å². The van der Waals surface area contributed by atoms with Crippen LogP contribution in [0.3, 0.4) is 0 Å². The summed E-state index contributed by atoms with van der Waals surface area (Å²) in [6.45, 7) is 3.65. The van der Waals surface area contributed by atoms with Crippen molar-refractivity contribution in [2.24, 2.45) is 0 Å². The number of phenols is 1. The monoisotopic (exact) mass is 268 g/mol. The van der Waals surface area contributed by atoms with Crippen LogP contribution in [0.15, 0.2) is 22.7 Å². The van der Waals surface area contributed by atoms with E-state index in [-0.39, 0.29) is 11.6 Å². The zero-order chi connectivity index (χ0) is 13.3. The van der Waals surface area contributed by atoms with Crippen molar-refractivity contribution in [1.29, 1.82) is 0 Å². The van der Waals surface area contributed by atoms with Crippen LogP contribution in [-0.2, 0) is 10.3 Å². The predicted molar refractivity (Wildman–Crippen MR) is 66.4 cm³/mol. The fraction of sp³-hybridized carbons (Fsp3) is 0.333. The number of hydrogen-bond acceptors (Lipinski definition) is 5. The lowest BCUT2D eigenvalue weighted by atomic mass is 10.1. The summed E-state index contributed by atoms with van der Waals surface area (Å²) in [6.07, 6.45) is 0. The molecule has 0 saturated carbocycles. The van der Waals surface area contributed by atoms with E-state index in [9.17, 15) is 5.11 Å². The summed E-state index contributed by atoms with van der Waals surface area (Å²) in [5, 5.41) is 13.7. The molecule has 2 rings (SSSR count). The fourth-order valence-electron chi connectivity index (χ4n) is 1.35. The molecule has 0 saturated heterocycles. The molecule has 0 unspecified atom stereocenters. The molecule has 1 heterocycles. The first-order valence-corrected chi connectivity index (χ1v) is 5.70. The highest BCUT2D eigenvalue weighted by Gasteiger charge is 2.27. The van der Waals surface area contributed by atoms with Gasteiger partial charge in [-0.15, -0.1) is 0 Å². The van der Waals surface area contributed by atoms with Crippen LogP contribution in [0.2, 0.25) is 5.02 Å². The van der Waals surface area contributed by atoms with E-state index in [1.807, 2.05) is 13.8 Å². The largest absolute Gasteiger partial charge is 0.508 e. The van der Waals surface area contributed by atoms with Gasteiger partial charge in [-0.05, 0) is 32.0 Å². The second kappa shape index (κ2) is 4.59. The average molecular weight is 269 g/mol. The molecule has 0 aliphatic heterocycles. The molecule has 1 aromatic heterocycles. The van der Waals surface area contributed by atoms with Gasteiger partial charge < -0.3 is 14.4 Å². The number of methoxy groups -OCH3 is 1. The van der Waals surface area contributed by atoms with Crippen molar-refractivity contribution in [3.63, 3.8) is 0 Å². The smallest absolute Gasteiger partial charge is 0.259 e. The third-order valence-corrected chi connectivity index (χ3v) is 2.98. The van der Waals surface area contributed by atoms with Gasteiger partial charge in [0.2, 0.25) is 5.82 Å². The molecular weight excluding hydrogens is 256 g/mol. The van der Waals surface area contributed by atoms with Crippen LogP contribution in [0, 0.1) is 0 Å². The molecule has 1 N–H and O–H groups in total. The molecule has 0 atom stereocenters. The summed E-state index contributed by atoms with van der Waals surface area (Å²) >= 11 is 6.02. The number of halogens is 1. The summed E-state index contributed by atoms with van der Waals surface area (Å²) < 4.78 is 10.4. The van der Waals surface area contributed by atoms with Crippen molar-refractivity contribution in [3.8, 4) is 17.2 Å². The van der Waals surface area contributed by atoms with Gasteiger partial charge in [0.15, 0.2) is 0 Å². The van der Waals surface area contributed by atoms with Crippen LogP contribution in [0.1, 0.15) is 19.7 Å². The Labute approximate surface area is 109 Å². The molecule has 6 heteroatoms. The van der Waals surface area contributed by atoms with Crippen LogP contribution >= 0.6 is 11.6 Å². The predicted octanol–water partition coefficient (Wildman–Crippen LogP) is 2.98.